The summed E-state index contributed by atoms with van der Waals surface area (Å²) in [5.74, 6) is -0.0200. The first kappa shape index (κ1) is 20.2. The zero-order valence-corrected chi connectivity index (χ0v) is 16.0. The number of anilines is 1. The van der Waals surface area contributed by atoms with Crippen molar-refractivity contribution < 1.29 is 24.5 Å². The zero-order valence-electron chi connectivity index (χ0n) is 14.4. The summed E-state index contributed by atoms with van der Waals surface area (Å²) in [6.45, 7) is 2.05. The summed E-state index contributed by atoms with van der Waals surface area (Å²) in [6, 6.07) is 13.8. The maximum absolute atomic E-state index is 12.4. The molecule has 0 aliphatic rings. The number of benzene rings is 2. The molecular formula is C19H22BrNO5. The number of hydrogen-bond donors (Lipinski definition) is 3. The van der Waals surface area contributed by atoms with E-state index in [4.69, 9.17) is 9.47 Å². The van der Waals surface area contributed by atoms with Crippen molar-refractivity contribution in [1.29, 1.82) is 0 Å². The van der Waals surface area contributed by atoms with Crippen molar-refractivity contribution in [3.05, 3.63) is 58.6 Å². The number of carbonyl (C=O) groups is 1. The van der Waals surface area contributed by atoms with Crippen molar-refractivity contribution in [2.45, 2.75) is 25.6 Å². The van der Waals surface area contributed by atoms with Crippen molar-refractivity contribution in [2.75, 3.05) is 18.5 Å². The minimum atomic E-state index is -0.886. The number of rotatable bonds is 8. The maximum Gasteiger partial charge on any atom is 0.412 e. The Kier molecular flexibility index (Phi) is 7.90. The Morgan fingerprint density at radius 1 is 1.23 bits per heavy atom. The molecule has 0 heterocycles. The number of aliphatic hydroxyl groups excluding tert-OH is 1. The van der Waals surface area contributed by atoms with Gasteiger partial charge in [0.2, 0.25) is 0 Å². The van der Waals surface area contributed by atoms with Gasteiger partial charge in [0, 0.05) is 35.4 Å². The molecule has 0 fully saturated rings. The van der Waals surface area contributed by atoms with E-state index in [1.165, 1.54) is 6.07 Å². The molecule has 0 aromatic heterocycles. The highest BCUT2D eigenvalue weighted by atomic mass is 79.9. The van der Waals surface area contributed by atoms with Crippen LogP contribution in [0.15, 0.2) is 53.0 Å². The Morgan fingerprint density at radius 2 is 1.96 bits per heavy atom. The van der Waals surface area contributed by atoms with Crippen LogP contribution < -0.4 is 5.32 Å². The second-order valence-corrected chi connectivity index (χ2v) is 6.44. The fraction of sp³-hybridized carbons (Fsp3) is 0.316. The van der Waals surface area contributed by atoms with Crippen LogP contribution in [-0.4, -0.2) is 35.6 Å². The van der Waals surface area contributed by atoms with Crippen LogP contribution in [0.4, 0.5) is 10.5 Å². The van der Waals surface area contributed by atoms with E-state index in [1.807, 2.05) is 13.0 Å². The molecule has 0 spiro atoms. The topological polar surface area (TPSA) is 88.0 Å². The molecule has 26 heavy (non-hydrogen) atoms. The Bertz CT molecular complexity index is 704. The monoisotopic (exact) mass is 423 g/mol. The number of aliphatic hydroxyl groups is 1. The van der Waals surface area contributed by atoms with Crippen LogP contribution >= 0.6 is 15.9 Å². The number of phenolic OH excluding ortho intramolecular Hbond substituents is 1. The van der Waals surface area contributed by atoms with E-state index < -0.39 is 18.3 Å². The van der Waals surface area contributed by atoms with Gasteiger partial charge in [-0.3, -0.25) is 5.32 Å². The molecule has 0 saturated heterocycles. The predicted octanol–water partition coefficient (Wildman–Crippen LogP) is 4.23. The molecule has 140 valence electrons. The van der Waals surface area contributed by atoms with Gasteiger partial charge in [0.15, 0.2) is 6.10 Å². The van der Waals surface area contributed by atoms with Gasteiger partial charge >= 0.3 is 6.09 Å². The second kappa shape index (κ2) is 10.2. The number of carbonyl (C=O) groups excluding carboxylic acids is 1. The number of nitrogens with one attached hydrogen (secondary N) is 1. The molecule has 1 amide bonds. The predicted molar refractivity (Wildman–Crippen MR) is 102 cm³/mol. The molecule has 0 radical (unpaired) electrons. The highest BCUT2D eigenvalue weighted by Crippen LogP contribution is 2.34. The van der Waals surface area contributed by atoms with Crippen LogP contribution in [0.3, 0.4) is 0 Å². The lowest BCUT2D eigenvalue weighted by Crippen LogP contribution is -2.29. The van der Waals surface area contributed by atoms with Gasteiger partial charge in [0.1, 0.15) is 11.9 Å². The van der Waals surface area contributed by atoms with E-state index in [9.17, 15) is 15.0 Å². The molecule has 0 aliphatic carbocycles. The molecule has 0 unspecified atom stereocenters. The number of ether oxygens (including phenoxy) is 2. The highest BCUT2D eigenvalue weighted by Gasteiger charge is 2.30. The van der Waals surface area contributed by atoms with E-state index in [0.717, 1.165) is 4.47 Å². The van der Waals surface area contributed by atoms with Crippen molar-refractivity contribution >= 4 is 27.7 Å². The van der Waals surface area contributed by atoms with Gasteiger partial charge in [-0.1, -0.05) is 34.1 Å². The van der Waals surface area contributed by atoms with Crippen LogP contribution in [0, 0.1) is 0 Å². The summed E-state index contributed by atoms with van der Waals surface area (Å²) in [6.07, 6.45) is -1.92. The summed E-state index contributed by atoms with van der Waals surface area (Å²) in [5, 5.41) is 22.2. The Balaban J connectivity index is 2.27. The standard InChI is InChI=1S/C19H22BrNO5/c1-2-25-17(10-11-22)18(15-12-13(20)8-9-16(15)23)26-19(24)21-14-6-4-3-5-7-14/h3-9,12,17-18,22-23H,2,10-11H2,1H3,(H,21,24)/t17-,18-/m0/s1. The van der Waals surface area contributed by atoms with Gasteiger partial charge in [0.25, 0.3) is 0 Å². The van der Waals surface area contributed by atoms with Crippen LogP contribution in [0.25, 0.3) is 0 Å². The smallest absolute Gasteiger partial charge is 0.412 e. The SMILES string of the molecule is CCO[C@@H](CCO)[C@@H](OC(=O)Nc1ccccc1)c1cc(Br)ccc1O. The Labute approximate surface area is 160 Å². The van der Waals surface area contributed by atoms with Crippen LogP contribution in [0.1, 0.15) is 25.0 Å². The molecule has 0 saturated carbocycles. The first-order valence-corrected chi connectivity index (χ1v) is 9.08. The summed E-state index contributed by atoms with van der Waals surface area (Å²) in [4.78, 5) is 12.4. The lowest BCUT2D eigenvalue weighted by molar-refractivity contribution is -0.0491. The third kappa shape index (κ3) is 5.72. The van der Waals surface area contributed by atoms with Crippen molar-refractivity contribution in [3.63, 3.8) is 0 Å². The number of amides is 1. The zero-order chi connectivity index (χ0) is 18.9. The average molecular weight is 424 g/mol. The van der Waals surface area contributed by atoms with Crippen LogP contribution in [-0.2, 0) is 9.47 Å². The molecule has 6 nitrogen and oxygen atoms in total. The number of aromatic hydroxyl groups is 1. The number of para-hydroxylation sites is 1. The van der Waals surface area contributed by atoms with Crippen LogP contribution in [0.5, 0.6) is 5.75 Å². The number of phenols is 1. The maximum atomic E-state index is 12.4. The second-order valence-electron chi connectivity index (χ2n) is 5.53. The summed E-state index contributed by atoms with van der Waals surface area (Å²) >= 11 is 3.35. The van der Waals surface area contributed by atoms with Crippen molar-refractivity contribution in [2.24, 2.45) is 0 Å². The third-order valence-electron chi connectivity index (χ3n) is 3.68. The fourth-order valence-electron chi connectivity index (χ4n) is 2.54. The lowest BCUT2D eigenvalue weighted by Gasteiger charge is -2.27. The highest BCUT2D eigenvalue weighted by molar-refractivity contribution is 9.10. The van der Waals surface area contributed by atoms with Gasteiger partial charge in [0.05, 0.1) is 0 Å². The van der Waals surface area contributed by atoms with Gasteiger partial charge in [-0.2, -0.15) is 0 Å². The lowest BCUT2D eigenvalue weighted by atomic mass is 10.0. The Morgan fingerprint density at radius 3 is 2.62 bits per heavy atom. The van der Waals surface area contributed by atoms with E-state index in [1.54, 1.807) is 36.4 Å². The largest absolute Gasteiger partial charge is 0.508 e. The molecule has 2 atom stereocenters. The van der Waals surface area contributed by atoms with E-state index in [-0.39, 0.29) is 18.8 Å². The summed E-state index contributed by atoms with van der Waals surface area (Å²) < 4.78 is 12.0. The molecule has 2 aromatic carbocycles. The fourth-order valence-corrected chi connectivity index (χ4v) is 2.92. The third-order valence-corrected chi connectivity index (χ3v) is 4.18. The molecule has 2 aromatic rings. The molecule has 0 aliphatic heterocycles. The average Bonchev–Trinajstić information content (AvgIpc) is 2.63. The number of halogens is 1. The van der Waals surface area contributed by atoms with Crippen molar-refractivity contribution in [1.82, 2.24) is 0 Å². The first-order chi connectivity index (χ1) is 12.5. The molecule has 3 N–H and O–H groups in total. The van der Waals surface area contributed by atoms with Gasteiger partial charge in [-0.15, -0.1) is 0 Å². The normalized spacial score (nSPS) is 13.0. The minimum absolute atomic E-state index is 0.0200. The van der Waals surface area contributed by atoms with Crippen molar-refractivity contribution in [3.8, 4) is 5.75 Å². The minimum Gasteiger partial charge on any atom is -0.508 e. The van der Waals surface area contributed by atoms with Gasteiger partial charge in [-0.25, -0.2) is 4.79 Å². The van der Waals surface area contributed by atoms with E-state index in [0.29, 0.717) is 17.9 Å². The first-order valence-electron chi connectivity index (χ1n) is 8.28. The van der Waals surface area contributed by atoms with E-state index >= 15 is 0 Å². The Hall–Kier alpha value is -2.09. The molecule has 0 bridgehead atoms. The summed E-state index contributed by atoms with van der Waals surface area (Å²) in [7, 11) is 0. The van der Waals surface area contributed by atoms with Crippen LogP contribution in [0.2, 0.25) is 0 Å². The molecular weight excluding hydrogens is 402 g/mol. The van der Waals surface area contributed by atoms with Gasteiger partial charge in [-0.05, 0) is 37.3 Å². The molecule has 2 rings (SSSR count). The van der Waals surface area contributed by atoms with Gasteiger partial charge < -0.3 is 19.7 Å². The summed E-state index contributed by atoms with van der Waals surface area (Å²) in [5.41, 5.74) is 0.985. The molecule has 7 heteroatoms. The quantitative estimate of drug-likeness (QED) is 0.590. The van der Waals surface area contributed by atoms with E-state index in [2.05, 4.69) is 21.2 Å². The number of hydrogen-bond acceptors (Lipinski definition) is 5.